The SMILES string of the molecule is Cc1nc(-c2ccc(NC(=O)CC(C)C3CCCNC3)cc2)cs1. The number of benzene rings is 1. The fraction of sp³-hybridized carbons (Fsp3) is 0.474. The summed E-state index contributed by atoms with van der Waals surface area (Å²) in [5, 5.41) is 9.57. The molecule has 2 heterocycles. The first-order chi connectivity index (χ1) is 11.6. The van der Waals surface area contributed by atoms with Gasteiger partial charge < -0.3 is 10.6 Å². The molecular weight excluding hydrogens is 318 g/mol. The number of hydrogen-bond donors (Lipinski definition) is 2. The van der Waals surface area contributed by atoms with Crippen LogP contribution in [0, 0.1) is 18.8 Å². The van der Waals surface area contributed by atoms with Gasteiger partial charge in [-0.1, -0.05) is 19.1 Å². The minimum Gasteiger partial charge on any atom is -0.326 e. The van der Waals surface area contributed by atoms with Gasteiger partial charge in [-0.3, -0.25) is 4.79 Å². The predicted octanol–water partition coefficient (Wildman–Crippen LogP) is 4.08. The van der Waals surface area contributed by atoms with E-state index in [-0.39, 0.29) is 5.91 Å². The second-order valence-corrected chi connectivity index (χ2v) is 7.73. The van der Waals surface area contributed by atoms with Gasteiger partial charge in [0.15, 0.2) is 0 Å². The van der Waals surface area contributed by atoms with E-state index >= 15 is 0 Å². The van der Waals surface area contributed by atoms with Crippen molar-refractivity contribution < 1.29 is 4.79 Å². The number of rotatable bonds is 5. The van der Waals surface area contributed by atoms with Crippen molar-refractivity contribution in [1.82, 2.24) is 10.3 Å². The van der Waals surface area contributed by atoms with Crippen molar-refractivity contribution >= 4 is 22.9 Å². The number of amides is 1. The lowest BCUT2D eigenvalue weighted by molar-refractivity contribution is -0.117. The van der Waals surface area contributed by atoms with Crippen molar-refractivity contribution in [3.63, 3.8) is 0 Å². The van der Waals surface area contributed by atoms with Gasteiger partial charge in [0.05, 0.1) is 10.7 Å². The first-order valence-electron chi connectivity index (χ1n) is 8.65. The maximum atomic E-state index is 12.3. The van der Waals surface area contributed by atoms with Crippen molar-refractivity contribution in [2.45, 2.75) is 33.1 Å². The van der Waals surface area contributed by atoms with Gasteiger partial charge >= 0.3 is 0 Å². The fourth-order valence-electron chi connectivity index (χ4n) is 3.26. The predicted molar refractivity (Wildman–Crippen MR) is 100 cm³/mol. The van der Waals surface area contributed by atoms with Crippen LogP contribution < -0.4 is 10.6 Å². The Hall–Kier alpha value is -1.72. The number of aryl methyl sites for hydroxylation is 1. The standard InChI is InChI=1S/C19H25N3OS/c1-13(16-4-3-9-20-11-16)10-19(23)22-17-7-5-15(6-8-17)18-12-24-14(2)21-18/h5-8,12-13,16,20H,3-4,9-11H2,1-2H3,(H,22,23). The third-order valence-corrected chi connectivity index (χ3v) is 5.50. The highest BCUT2D eigenvalue weighted by atomic mass is 32.1. The van der Waals surface area contributed by atoms with E-state index in [0.717, 1.165) is 35.0 Å². The molecule has 0 bridgehead atoms. The molecule has 1 aromatic carbocycles. The Bertz CT molecular complexity index is 674. The highest BCUT2D eigenvalue weighted by Crippen LogP contribution is 2.25. The van der Waals surface area contributed by atoms with Crippen molar-refractivity contribution in [3.8, 4) is 11.3 Å². The van der Waals surface area contributed by atoms with E-state index in [1.54, 1.807) is 11.3 Å². The van der Waals surface area contributed by atoms with Gasteiger partial charge in [-0.25, -0.2) is 4.98 Å². The van der Waals surface area contributed by atoms with Crippen LogP contribution in [0.25, 0.3) is 11.3 Å². The van der Waals surface area contributed by atoms with Crippen LogP contribution >= 0.6 is 11.3 Å². The van der Waals surface area contributed by atoms with Crippen LogP contribution in [0.4, 0.5) is 5.69 Å². The lowest BCUT2D eigenvalue weighted by atomic mass is 9.85. The van der Waals surface area contributed by atoms with E-state index in [9.17, 15) is 4.79 Å². The zero-order valence-corrected chi connectivity index (χ0v) is 15.2. The van der Waals surface area contributed by atoms with E-state index in [4.69, 9.17) is 0 Å². The van der Waals surface area contributed by atoms with E-state index in [1.807, 2.05) is 31.2 Å². The lowest BCUT2D eigenvalue weighted by Crippen LogP contribution is -2.34. The molecule has 24 heavy (non-hydrogen) atoms. The number of aromatic nitrogens is 1. The average molecular weight is 343 g/mol. The van der Waals surface area contributed by atoms with E-state index < -0.39 is 0 Å². The smallest absolute Gasteiger partial charge is 0.224 e. The Morgan fingerprint density at radius 1 is 1.42 bits per heavy atom. The van der Waals surface area contributed by atoms with Gasteiger partial charge in [0.2, 0.25) is 5.91 Å². The minimum atomic E-state index is 0.102. The van der Waals surface area contributed by atoms with Crippen LogP contribution in [0.15, 0.2) is 29.6 Å². The summed E-state index contributed by atoms with van der Waals surface area (Å²) in [5.41, 5.74) is 2.93. The molecule has 0 radical (unpaired) electrons. The number of carbonyl (C=O) groups excluding carboxylic acids is 1. The summed E-state index contributed by atoms with van der Waals surface area (Å²) in [6.07, 6.45) is 3.02. The second-order valence-electron chi connectivity index (χ2n) is 6.67. The maximum absolute atomic E-state index is 12.3. The Morgan fingerprint density at radius 2 is 2.21 bits per heavy atom. The molecule has 2 aromatic rings. The molecule has 1 fully saturated rings. The molecule has 2 unspecified atom stereocenters. The second kappa shape index (κ2) is 7.90. The van der Waals surface area contributed by atoms with Gasteiger partial charge in [0, 0.05) is 23.1 Å². The van der Waals surface area contributed by atoms with Crippen LogP contribution in [0.5, 0.6) is 0 Å². The van der Waals surface area contributed by atoms with Crippen LogP contribution in [0.3, 0.4) is 0 Å². The Balaban J connectivity index is 1.54. The summed E-state index contributed by atoms with van der Waals surface area (Å²) in [7, 11) is 0. The average Bonchev–Trinajstić information content (AvgIpc) is 3.02. The molecule has 2 N–H and O–H groups in total. The molecule has 0 saturated carbocycles. The number of anilines is 1. The van der Waals surface area contributed by atoms with Gasteiger partial charge in [-0.15, -0.1) is 11.3 Å². The number of carbonyl (C=O) groups is 1. The molecule has 2 atom stereocenters. The minimum absolute atomic E-state index is 0.102. The summed E-state index contributed by atoms with van der Waals surface area (Å²) in [6.45, 7) is 6.34. The normalized spacial score (nSPS) is 19.0. The lowest BCUT2D eigenvalue weighted by Gasteiger charge is -2.28. The molecule has 4 nitrogen and oxygen atoms in total. The van der Waals surface area contributed by atoms with Gasteiger partial charge in [-0.2, -0.15) is 0 Å². The number of nitrogens with one attached hydrogen (secondary N) is 2. The third-order valence-electron chi connectivity index (χ3n) is 4.73. The molecule has 1 saturated heterocycles. The molecule has 1 aliphatic rings. The molecule has 1 aliphatic heterocycles. The summed E-state index contributed by atoms with van der Waals surface area (Å²) < 4.78 is 0. The van der Waals surface area contributed by atoms with E-state index in [0.29, 0.717) is 18.3 Å². The number of piperidine rings is 1. The maximum Gasteiger partial charge on any atom is 0.224 e. The van der Waals surface area contributed by atoms with Crippen molar-refractivity contribution in [3.05, 3.63) is 34.7 Å². The summed E-state index contributed by atoms with van der Waals surface area (Å²) in [6, 6.07) is 7.93. The van der Waals surface area contributed by atoms with Crippen LogP contribution in [0.1, 0.15) is 31.2 Å². The van der Waals surface area contributed by atoms with Gasteiger partial charge in [0.1, 0.15) is 0 Å². The molecule has 3 rings (SSSR count). The largest absolute Gasteiger partial charge is 0.326 e. The Kier molecular flexibility index (Phi) is 5.63. The van der Waals surface area contributed by atoms with Crippen LogP contribution in [-0.2, 0) is 4.79 Å². The molecular formula is C19H25N3OS. The monoisotopic (exact) mass is 343 g/mol. The molecule has 5 heteroatoms. The van der Waals surface area contributed by atoms with Crippen molar-refractivity contribution in [2.24, 2.45) is 11.8 Å². The number of hydrogen-bond acceptors (Lipinski definition) is 4. The van der Waals surface area contributed by atoms with E-state index in [2.05, 4.69) is 27.9 Å². The first kappa shape index (κ1) is 17.1. The molecule has 0 aliphatic carbocycles. The molecule has 128 valence electrons. The van der Waals surface area contributed by atoms with E-state index in [1.165, 1.54) is 12.8 Å². The first-order valence-corrected chi connectivity index (χ1v) is 9.53. The molecule has 0 spiro atoms. The van der Waals surface area contributed by atoms with Crippen LogP contribution in [-0.4, -0.2) is 24.0 Å². The van der Waals surface area contributed by atoms with Gasteiger partial charge in [-0.05, 0) is 56.8 Å². The Labute approximate surface area is 147 Å². The number of thiazole rings is 1. The quantitative estimate of drug-likeness (QED) is 0.860. The molecule has 1 aromatic heterocycles. The highest BCUT2D eigenvalue weighted by molar-refractivity contribution is 7.09. The van der Waals surface area contributed by atoms with Gasteiger partial charge in [0.25, 0.3) is 0 Å². The Morgan fingerprint density at radius 3 is 2.83 bits per heavy atom. The zero-order valence-electron chi connectivity index (χ0n) is 14.3. The highest BCUT2D eigenvalue weighted by Gasteiger charge is 2.22. The van der Waals surface area contributed by atoms with Crippen molar-refractivity contribution in [1.29, 1.82) is 0 Å². The fourth-order valence-corrected chi connectivity index (χ4v) is 3.88. The number of nitrogens with zero attached hydrogens (tertiary/aromatic N) is 1. The van der Waals surface area contributed by atoms with Crippen LogP contribution in [0.2, 0.25) is 0 Å². The summed E-state index contributed by atoms with van der Waals surface area (Å²) >= 11 is 1.65. The topological polar surface area (TPSA) is 54.0 Å². The summed E-state index contributed by atoms with van der Waals surface area (Å²) in [4.78, 5) is 16.8. The third kappa shape index (κ3) is 4.42. The van der Waals surface area contributed by atoms with Crippen molar-refractivity contribution in [2.75, 3.05) is 18.4 Å². The molecule has 1 amide bonds. The zero-order chi connectivity index (χ0) is 16.9. The summed E-state index contributed by atoms with van der Waals surface area (Å²) in [5.74, 6) is 1.13.